The molecule has 1 aromatic carbocycles. The molecule has 84 valence electrons. The van der Waals surface area contributed by atoms with Crippen LogP contribution in [-0.4, -0.2) is 15.2 Å². The van der Waals surface area contributed by atoms with Gasteiger partial charge in [-0.25, -0.2) is 4.98 Å². The Labute approximate surface area is 98.8 Å². The smallest absolute Gasteiger partial charge is 0.151 e. The van der Waals surface area contributed by atoms with Crippen molar-refractivity contribution in [3.63, 3.8) is 0 Å². The highest BCUT2D eigenvalue weighted by Gasteiger charge is 2.02. The number of rotatable bonds is 3. The zero-order valence-corrected chi connectivity index (χ0v) is 9.75. The second-order valence-electron chi connectivity index (χ2n) is 3.69. The summed E-state index contributed by atoms with van der Waals surface area (Å²) in [5.41, 5.74) is 7.48. The van der Waals surface area contributed by atoms with Crippen molar-refractivity contribution >= 4 is 17.3 Å². The van der Waals surface area contributed by atoms with Crippen molar-refractivity contribution in [2.75, 3.05) is 5.73 Å². The lowest BCUT2D eigenvalue weighted by atomic mass is 10.1. The zero-order valence-electron chi connectivity index (χ0n) is 9.00. The average molecular weight is 237 g/mol. The maximum Gasteiger partial charge on any atom is 0.151 e. The van der Waals surface area contributed by atoms with E-state index in [-0.39, 0.29) is 0 Å². The largest absolute Gasteiger partial charge is 0.398 e. The first-order valence-electron chi connectivity index (χ1n) is 5.07. The predicted molar refractivity (Wildman–Crippen MR) is 64.4 cm³/mol. The minimum atomic E-state index is 0.595. The number of halogens is 1. The Bertz CT molecular complexity index is 492. The van der Waals surface area contributed by atoms with Crippen molar-refractivity contribution in [3.05, 3.63) is 40.4 Å². The minimum Gasteiger partial charge on any atom is -0.398 e. The highest BCUT2D eigenvalue weighted by Crippen LogP contribution is 2.20. The molecule has 1 aromatic heterocycles. The number of aromatic amines is 1. The molecule has 4 nitrogen and oxygen atoms in total. The normalized spacial score (nSPS) is 10.6. The first-order valence-corrected chi connectivity index (χ1v) is 5.45. The molecule has 16 heavy (non-hydrogen) atoms. The quantitative estimate of drug-likeness (QED) is 0.803. The van der Waals surface area contributed by atoms with Crippen LogP contribution in [0.4, 0.5) is 5.69 Å². The van der Waals surface area contributed by atoms with Gasteiger partial charge in [-0.15, -0.1) is 0 Å². The predicted octanol–water partition coefficient (Wildman–Crippen LogP) is 2.13. The summed E-state index contributed by atoms with van der Waals surface area (Å²) in [5, 5.41) is 7.49. The van der Waals surface area contributed by atoms with Crippen LogP contribution in [-0.2, 0) is 12.8 Å². The fraction of sp³-hybridized carbons (Fsp3) is 0.273. The molecule has 0 amide bonds. The SMILES string of the molecule is Cc1nc(CCc2ccc(Cl)c(N)c2)n[nH]1. The Hall–Kier alpha value is -1.55. The first kappa shape index (κ1) is 11.0. The highest BCUT2D eigenvalue weighted by molar-refractivity contribution is 6.33. The van der Waals surface area contributed by atoms with Crippen molar-refractivity contribution in [1.82, 2.24) is 15.2 Å². The van der Waals surface area contributed by atoms with Crippen molar-refractivity contribution in [2.45, 2.75) is 19.8 Å². The van der Waals surface area contributed by atoms with E-state index < -0.39 is 0 Å². The van der Waals surface area contributed by atoms with E-state index in [1.165, 1.54) is 0 Å². The second kappa shape index (κ2) is 4.53. The van der Waals surface area contributed by atoms with E-state index >= 15 is 0 Å². The lowest BCUT2D eigenvalue weighted by Crippen LogP contribution is -1.95. The minimum absolute atomic E-state index is 0.595. The van der Waals surface area contributed by atoms with E-state index in [0.717, 1.165) is 30.1 Å². The van der Waals surface area contributed by atoms with Crippen LogP contribution in [0.25, 0.3) is 0 Å². The number of anilines is 1. The van der Waals surface area contributed by atoms with E-state index in [1.807, 2.05) is 25.1 Å². The van der Waals surface area contributed by atoms with Crippen LogP contribution in [0.5, 0.6) is 0 Å². The summed E-state index contributed by atoms with van der Waals surface area (Å²) >= 11 is 5.85. The van der Waals surface area contributed by atoms with Gasteiger partial charge >= 0.3 is 0 Å². The number of nitrogens with two attached hydrogens (primary N) is 1. The van der Waals surface area contributed by atoms with E-state index in [2.05, 4.69) is 15.2 Å². The van der Waals surface area contributed by atoms with Gasteiger partial charge in [-0.1, -0.05) is 17.7 Å². The second-order valence-corrected chi connectivity index (χ2v) is 4.10. The van der Waals surface area contributed by atoms with Crippen molar-refractivity contribution < 1.29 is 0 Å². The molecule has 0 saturated carbocycles. The summed E-state index contributed by atoms with van der Waals surface area (Å²) < 4.78 is 0. The molecule has 2 rings (SSSR count). The topological polar surface area (TPSA) is 67.6 Å². The van der Waals surface area contributed by atoms with Gasteiger partial charge in [-0.2, -0.15) is 5.10 Å². The van der Waals surface area contributed by atoms with E-state index in [1.54, 1.807) is 0 Å². The molecule has 1 heterocycles. The standard InChI is InChI=1S/C11H13ClN4/c1-7-14-11(16-15-7)5-3-8-2-4-9(12)10(13)6-8/h2,4,6H,3,5,13H2,1H3,(H,14,15,16). The van der Waals surface area contributed by atoms with Gasteiger partial charge in [0.15, 0.2) is 5.82 Å². The van der Waals surface area contributed by atoms with Gasteiger partial charge in [0.25, 0.3) is 0 Å². The summed E-state index contributed by atoms with van der Waals surface area (Å²) in [4.78, 5) is 4.24. The maximum absolute atomic E-state index is 5.85. The van der Waals surface area contributed by atoms with Gasteiger partial charge in [-0.3, -0.25) is 5.10 Å². The zero-order chi connectivity index (χ0) is 11.5. The van der Waals surface area contributed by atoms with E-state index in [9.17, 15) is 0 Å². The number of H-pyrrole nitrogens is 1. The van der Waals surface area contributed by atoms with Crippen molar-refractivity contribution in [2.24, 2.45) is 0 Å². The van der Waals surface area contributed by atoms with Crippen LogP contribution in [0.2, 0.25) is 5.02 Å². The monoisotopic (exact) mass is 236 g/mol. The Balaban J connectivity index is 2.02. The van der Waals surface area contributed by atoms with Gasteiger partial charge in [-0.05, 0) is 31.0 Å². The van der Waals surface area contributed by atoms with Gasteiger partial charge in [0.05, 0.1) is 10.7 Å². The molecular weight excluding hydrogens is 224 g/mol. The number of hydrogen-bond donors (Lipinski definition) is 2. The molecular formula is C11H13ClN4. The van der Waals surface area contributed by atoms with E-state index in [0.29, 0.717) is 10.7 Å². The lowest BCUT2D eigenvalue weighted by molar-refractivity contribution is 0.865. The lowest BCUT2D eigenvalue weighted by Gasteiger charge is -2.02. The molecule has 0 spiro atoms. The van der Waals surface area contributed by atoms with Gasteiger partial charge in [0, 0.05) is 6.42 Å². The molecule has 0 atom stereocenters. The fourth-order valence-corrected chi connectivity index (χ4v) is 1.62. The van der Waals surface area contributed by atoms with Gasteiger partial charge in [0.2, 0.25) is 0 Å². The molecule has 0 saturated heterocycles. The van der Waals surface area contributed by atoms with Crippen molar-refractivity contribution in [1.29, 1.82) is 0 Å². The van der Waals surface area contributed by atoms with Crippen LogP contribution in [0, 0.1) is 6.92 Å². The summed E-state index contributed by atoms with van der Waals surface area (Å²) in [5.74, 6) is 1.66. The Morgan fingerprint density at radius 3 is 2.81 bits per heavy atom. The Kier molecular flexibility index (Phi) is 3.10. The molecule has 0 aliphatic carbocycles. The highest BCUT2D eigenvalue weighted by atomic mass is 35.5. The molecule has 0 bridgehead atoms. The third-order valence-electron chi connectivity index (χ3n) is 2.34. The number of hydrogen-bond acceptors (Lipinski definition) is 3. The molecule has 5 heteroatoms. The van der Waals surface area contributed by atoms with Gasteiger partial charge in [0.1, 0.15) is 5.82 Å². The molecule has 0 radical (unpaired) electrons. The van der Waals surface area contributed by atoms with Crippen LogP contribution in [0.3, 0.4) is 0 Å². The van der Waals surface area contributed by atoms with Crippen LogP contribution >= 0.6 is 11.6 Å². The van der Waals surface area contributed by atoms with Crippen LogP contribution < -0.4 is 5.73 Å². The number of aryl methyl sites for hydroxylation is 3. The number of benzene rings is 1. The fourth-order valence-electron chi connectivity index (χ4n) is 1.51. The Morgan fingerprint density at radius 2 is 2.19 bits per heavy atom. The molecule has 0 fully saturated rings. The number of nitrogens with one attached hydrogen (secondary N) is 1. The summed E-state index contributed by atoms with van der Waals surface area (Å²) in [6, 6.07) is 5.68. The van der Waals surface area contributed by atoms with Crippen molar-refractivity contribution in [3.8, 4) is 0 Å². The van der Waals surface area contributed by atoms with Crippen LogP contribution in [0.15, 0.2) is 18.2 Å². The number of aromatic nitrogens is 3. The molecule has 2 aromatic rings. The van der Waals surface area contributed by atoms with Crippen LogP contribution in [0.1, 0.15) is 17.2 Å². The first-order chi connectivity index (χ1) is 7.65. The molecule has 0 unspecified atom stereocenters. The summed E-state index contributed by atoms with van der Waals surface area (Å²) in [6.45, 7) is 1.89. The third-order valence-corrected chi connectivity index (χ3v) is 2.69. The maximum atomic E-state index is 5.85. The average Bonchev–Trinajstić information content (AvgIpc) is 2.66. The molecule has 0 aliphatic rings. The third kappa shape index (κ3) is 2.52. The molecule has 3 N–H and O–H groups in total. The molecule has 0 aliphatic heterocycles. The summed E-state index contributed by atoms with van der Waals surface area (Å²) in [6.07, 6.45) is 1.66. The summed E-state index contributed by atoms with van der Waals surface area (Å²) in [7, 11) is 0. The van der Waals surface area contributed by atoms with Gasteiger partial charge < -0.3 is 5.73 Å². The van der Waals surface area contributed by atoms with E-state index in [4.69, 9.17) is 17.3 Å². The Morgan fingerprint density at radius 1 is 1.38 bits per heavy atom. The number of nitrogens with zero attached hydrogens (tertiary/aromatic N) is 2. The number of nitrogen functional groups attached to an aromatic ring is 1.